The molecule has 2 fully saturated rings. The first-order chi connectivity index (χ1) is 7.92. The zero-order valence-electron chi connectivity index (χ0n) is 13.7. The molecule has 0 heterocycles. The number of hydrogen-bond donors (Lipinski definition) is 0. The first kappa shape index (κ1) is 14.8. The Morgan fingerprint density at radius 3 is 1.89 bits per heavy atom. The van der Waals surface area contributed by atoms with Gasteiger partial charge in [-0.05, 0) is 49.1 Å². The van der Waals surface area contributed by atoms with E-state index in [-0.39, 0.29) is 0 Å². The molecule has 2 aliphatic rings. The van der Waals surface area contributed by atoms with Crippen molar-refractivity contribution in [3.8, 4) is 0 Å². The lowest BCUT2D eigenvalue weighted by atomic mass is 9.70. The monoisotopic (exact) mass is 284 g/mol. The summed E-state index contributed by atoms with van der Waals surface area (Å²) in [4.78, 5) is 0. The molecule has 0 aromatic carbocycles. The lowest BCUT2D eigenvalue weighted by Gasteiger charge is -2.45. The van der Waals surface area contributed by atoms with Crippen LogP contribution in [0, 0.1) is 16.7 Å². The summed E-state index contributed by atoms with van der Waals surface area (Å²) in [5.41, 5.74) is 0.920. The normalized spacial score (nSPS) is 39.3. The highest BCUT2D eigenvalue weighted by Crippen LogP contribution is 2.66. The second kappa shape index (κ2) is 3.95. The average molecular weight is 285 g/mol. The molecule has 0 N–H and O–H groups in total. The van der Waals surface area contributed by atoms with Crippen LogP contribution < -0.4 is 0 Å². The van der Waals surface area contributed by atoms with Gasteiger partial charge in [0.15, 0.2) is 7.83 Å². The fraction of sp³-hybridized carbons (Fsp3) is 1.00. The Morgan fingerprint density at radius 1 is 1.00 bits per heavy atom. The van der Waals surface area contributed by atoms with Crippen LogP contribution >= 0.6 is 0 Å². The number of rotatable bonds is 3. The second-order valence-electron chi connectivity index (χ2n) is 8.98. The Balaban J connectivity index is 2.19. The SMILES string of the molecule is CC1(C)C2CCC1(C)C(O[Si](C)(C)[Si](C)(C)C)C2. The van der Waals surface area contributed by atoms with E-state index in [4.69, 9.17) is 4.43 Å². The van der Waals surface area contributed by atoms with Crippen molar-refractivity contribution in [3.05, 3.63) is 0 Å². The quantitative estimate of drug-likeness (QED) is 0.674. The summed E-state index contributed by atoms with van der Waals surface area (Å²) < 4.78 is 6.84. The van der Waals surface area contributed by atoms with Gasteiger partial charge in [0.1, 0.15) is 0 Å². The summed E-state index contributed by atoms with van der Waals surface area (Å²) in [7, 11) is -2.62. The van der Waals surface area contributed by atoms with Gasteiger partial charge in [0.05, 0.1) is 13.7 Å². The molecule has 0 aromatic rings. The Labute approximate surface area is 116 Å². The second-order valence-corrected chi connectivity index (χ2v) is 24.8. The molecule has 3 unspecified atom stereocenters. The van der Waals surface area contributed by atoms with Crippen LogP contribution in [0.25, 0.3) is 0 Å². The van der Waals surface area contributed by atoms with Gasteiger partial charge in [-0.2, -0.15) is 0 Å². The molecule has 0 aromatic heterocycles. The predicted molar refractivity (Wildman–Crippen MR) is 84.9 cm³/mol. The molecule has 2 rings (SSSR count). The summed E-state index contributed by atoms with van der Waals surface area (Å²) in [5, 5.41) is 0. The highest BCUT2D eigenvalue weighted by molar-refractivity contribution is 7.37. The van der Waals surface area contributed by atoms with E-state index in [0.717, 1.165) is 5.92 Å². The van der Waals surface area contributed by atoms with Gasteiger partial charge in [-0.1, -0.05) is 40.4 Å². The van der Waals surface area contributed by atoms with Crippen LogP contribution in [0.3, 0.4) is 0 Å². The molecule has 2 saturated carbocycles. The average Bonchev–Trinajstić information content (AvgIpc) is 2.48. The first-order valence-electron chi connectivity index (χ1n) is 7.60. The summed E-state index contributed by atoms with van der Waals surface area (Å²) in [6.45, 7) is 19.8. The van der Waals surface area contributed by atoms with Crippen molar-refractivity contribution in [2.75, 3.05) is 0 Å². The van der Waals surface area contributed by atoms with Crippen molar-refractivity contribution in [1.82, 2.24) is 0 Å². The van der Waals surface area contributed by atoms with Crippen molar-refractivity contribution in [2.24, 2.45) is 16.7 Å². The van der Waals surface area contributed by atoms with E-state index in [1.165, 1.54) is 19.3 Å². The summed E-state index contributed by atoms with van der Waals surface area (Å²) in [6, 6.07) is 0. The fourth-order valence-corrected chi connectivity index (χ4v) is 6.75. The van der Waals surface area contributed by atoms with Crippen LogP contribution in [0.4, 0.5) is 0 Å². The van der Waals surface area contributed by atoms with E-state index in [2.05, 4.69) is 53.5 Å². The van der Waals surface area contributed by atoms with E-state index in [0.29, 0.717) is 16.9 Å². The zero-order valence-corrected chi connectivity index (χ0v) is 15.7. The molecule has 3 atom stereocenters. The van der Waals surface area contributed by atoms with Crippen molar-refractivity contribution in [1.29, 1.82) is 0 Å². The van der Waals surface area contributed by atoms with Crippen LogP contribution in [0.15, 0.2) is 0 Å². The van der Waals surface area contributed by atoms with E-state index < -0.39 is 15.4 Å². The molecule has 2 aliphatic carbocycles. The van der Waals surface area contributed by atoms with E-state index in [1.807, 2.05) is 0 Å². The highest BCUT2D eigenvalue weighted by atomic mass is 29.3. The highest BCUT2D eigenvalue weighted by Gasteiger charge is 2.63. The zero-order chi connectivity index (χ0) is 14.0. The van der Waals surface area contributed by atoms with Gasteiger partial charge in [0.25, 0.3) is 0 Å². The number of fused-ring (bicyclic) bond motifs is 2. The molecule has 0 saturated heterocycles. The Hall–Kier alpha value is 0.394. The van der Waals surface area contributed by atoms with Crippen molar-refractivity contribution in [3.63, 3.8) is 0 Å². The topological polar surface area (TPSA) is 9.23 Å². The fourth-order valence-electron chi connectivity index (χ4n) is 3.84. The third-order valence-electron chi connectivity index (χ3n) is 6.96. The summed E-state index contributed by atoms with van der Waals surface area (Å²) >= 11 is 0. The lowest BCUT2D eigenvalue weighted by molar-refractivity contribution is 0.0270. The first-order valence-corrected chi connectivity index (χ1v) is 15.0. The molecule has 0 aliphatic heterocycles. The summed E-state index contributed by atoms with van der Waals surface area (Å²) in [6.07, 6.45) is 4.67. The Bertz CT molecular complexity index is 343. The van der Waals surface area contributed by atoms with Crippen LogP contribution in [0.5, 0.6) is 0 Å². The van der Waals surface area contributed by atoms with Crippen molar-refractivity contribution >= 4 is 15.4 Å². The van der Waals surface area contributed by atoms with Crippen molar-refractivity contribution < 1.29 is 4.43 Å². The molecule has 1 nitrogen and oxygen atoms in total. The smallest absolute Gasteiger partial charge is 0.173 e. The maximum Gasteiger partial charge on any atom is 0.173 e. The molecule has 2 bridgehead atoms. The van der Waals surface area contributed by atoms with E-state index in [1.54, 1.807) is 0 Å². The van der Waals surface area contributed by atoms with Crippen LogP contribution in [0.1, 0.15) is 40.0 Å². The maximum atomic E-state index is 6.84. The third kappa shape index (κ3) is 1.89. The molecule has 3 heteroatoms. The Morgan fingerprint density at radius 2 is 1.56 bits per heavy atom. The van der Waals surface area contributed by atoms with E-state index >= 15 is 0 Å². The van der Waals surface area contributed by atoms with Crippen LogP contribution in [-0.2, 0) is 4.43 Å². The lowest BCUT2D eigenvalue weighted by Crippen LogP contribution is -2.58. The maximum absolute atomic E-state index is 6.84. The molecule has 0 spiro atoms. The standard InChI is InChI=1S/C15H32OSi2/c1-14(2)12-9-10-15(14,3)13(11-12)16-18(7,8)17(4,5)6/h12-13H,9-11H2,1-8H3. The van der Waals surface area contributed by atoms with Gasteiger partial charge in [0, 0.05) is 0 Å². The van der Waals surface area contributed by atoms with Crippen LogP contribution in [0.2, 0.25) is 32.7 Å². The van der Waals surface area contributed by atoms with Gasteiger partial charge in [0.2, 0.25) is 0 Å². The molecule has 18 heavy (non-hydrogen) atoms. The molecule has 106 valence electrons. The van der Waals surface area contributed by atoms with Gasteiger partial charge < -0.3 is 4.43 Å². The van der Waals surface area contributed by atoms with Gasteiger partial charge in [-0.25, -0.2) is 0 Å². The molecular formula is C15H32OSi2. The Kier molecular flexibility index (Phi) is 3.25. The van der Waals surface area contributed by atoms with E-state index in [9.17, 15) is 0 Å². The minimum absolute atomic E-state index is 0.432. The predicted octanol–water partition coefficient (Wildman–Crippen LogP) is 4.84. The molecule has 0 amide bonds. The number of hydrogen-bond acceptors (Lipinski definition) is 1. The van der Waals surface area contributed by atoms with Gasteiger partial charge in [-0.3, -0.25) is 0 Å². The minimum Gasteiger partial charge on any atom is -0.417 e. The minimum atomic E-state index is -1.48. The van der Waals surface area contributed by atoms with Gasteiger partial charge >= 0.3 is 0 Å². The third-order valence-corrected chi connectivity index (χ3v) is 22.6. The largest absolute Gasteiger partial charge is 0.417 e. The van der Waals surface area contributed by atoms with Crippen LogP contribution in [-0.4, -0.2) is 21.5 Å². The summed E-state index contributed by atoms with van der Waals surface area (Å²) in [5.74, 6) is 0.902. The van der Waals surface area contributed by atoms with Gasteiger partial charge in [-0.15, -0.1) is 0 Å². The van der Waals surface area contributed by atoms with Crippen molar-refractivity contribution in [2.45, 2.75) is 78.9 Å². The molecule has 0 radical (unpaired) electrons. The molecular weight excluding hydrogens is 252 g/mol.